The molecule has 0 saturated carbocycles. The van der Waals surface area contributed by atoms with E-state index in [-0.39, 0.29) is 5.57 Å². The summed E-state index contributed by atoms with van der Waals surface area (Å²) >= 11 is 3.44. The predicted octanol–water partition coefficient (Wildman–Crippen LogP) is 9.77. The summed E-state index contributed by atoms with van der Waals surface area (Å²) in [5, 5.41) is 17.0. The standard InChI is InChI=1S/C39H29BrN2O3/c1-26-10-13-28-6-3-5-9-35(28)37(26)25-45-38-21-14-29-7-2-4-8-34(29)36(38)22-30(23-41)39(43)42-32-17-19-33(20-18-32)44-24-27-11-15-31(40)16-12-27/h2-22H,24-25H2,1H3,(H,42,43)/b30-22+. The molecule has 5 nitrogen and oxygen atoms in total. The van der Waals surface area contributed by atoms with Crippen molar-refractivity contribution in [1.82, 2.24) is 0 Å². The maximum absolute atomic E-state index is 13.3. The Balaban J connectivity index is 1.23. The van der Waals surface area contributed by atoms with E-state index < -0.39 is 5.91 Å². The predicted molar refractivity (Wildman–Crippen MR) is 184 cm³/mol. The zero-order chi connectivity index (χ0) is 31.2. The van der Waals surface area contributed by atoms with Gasteiger partial charge >= 0.3 is 0 Å². The summed E-state index contributed by atoms with van der Waals surface area (Å²) in [4.78, 5) is 13.3. The van der Waals surface area contributed by atoms with Crippen LogP contribution in [-0.2, 0) is 18.0 Å². The van der Waals surface area contributed by atoms with E-state index >= 15 is 0 Å². The van der Waals surface area contributed by atoms with Crippen LogP contribution in [0.4, 0.5) is 5.69 Å². The van der Waals surface area contributed by atoms with Gasteiger partial charge in [-0.1, -0.05) is 94.8 Å². The summed E-state index contributed by atoms with van der Waals surface area (Å²) < 4.78 is 13.3. The van der Waals surface area contributed by atoms with Crippen LogP contribution < -0.4 is 14.8 Å². The van der Waals surface area contributed by atoms with Crippen molar-refractivity contribution in [1.29, 1.82) is 5.26 Å². The molecule has 0 heterocycles. The van der Waals surface area contributed by atoms with Crippen LogP contribution >= 0.6 is 15.9 Å². The first kappa shape index (κ1) is 29.7. The molecule has 0 aliphatic heterocycles. The molecule has 0 aliphatic rings. The third-order valence-electron chi connectivity index (χ3n) is 7.66. The highest BCUT2D eigenvalue weighted by molar-refractivity contribution is 9.10. The smallest absolute Gasteiger partial charge is 0.266 e. The van der Waals surface area contributed by atoms with E-state index in [1.165, 1.54) is 0 Å². The van der Waals surface area contributed by atoms with Crippen LogP contribution in [0.15, 0.2) is 131 Å². The third-order valence-corrected chi connectivity index (χ3v) is 8.19. The number of benzene rings is 6. The minimum atomic E-state index is -0.509. The molecule has 0 aliphatic carbocycles. The van der Waals surface area contributed by atoms with Gasteiger partial charge < -0.3 is 14.8 Å². The van der Waals surface area contributed by atoms with Gasteiger partial charge in [0.2, 0.25) is 0 Å². The average molecular weight is 654 g/mol. The highest BCUT2D eigenvalue weighted by Gasteiger charge is 2.15. The van der Waals surface area contributed by atoms with Crippen LogP contribution in [-0.4, -0.2) is 5.91 Å². The summed E-state index contributed by atoms with van der Waals surface area (Å²) in [7, 11) is 0. The molecule has 1 N–H and O–H groups in total. The van der Waals surface area contributed by atoms with Gasteiger partial charge in [-0.05, 0) is 88.1 Å². The van der Waals surface area contributed by atoms with Crippen LogP contribution in [0, 0.1) is 18.3 Å². The van der Waals surface area contributed by atoms with Crippen LogP contribution in [0.25, 0.3) is 27.6 Å². The number of amides is 1. The van der Waals surface area contributed by atoms with Crippen LogP contribution in [0.2, 0.25) is 0 Å². The van der Waals surface area contributed by atoms with E-state index in [2.05, 4.69) is 58.5 Å². The van der Waals surface area contributed by atoms with Gasteiger partial charge in [-0.2, -0.15) is 5.26 Å². The quantitative estimate of drug-likeness (QED) is 0.125. The molecule has 0 fully saturated rings. The zero-order valence-electron chi connectivity index (χ0n) is 24.6. The SMILES string of the molecule is Cc1ccc2ccccc2c1COc1ccc2ccccc2c1/C=C(\C#N)C(=O)Nc1ccc(OCc2ccc(Br)cc2)cc1. The number of anilines is 1. The molecule has 6 heteroatoms. The van der Waals surface area contributed by atoms with E-state index in [1.807, 2.05) is 72.8 Å². The second kappa shape index (κ2) is 13.5. The molecule has 6 rings (SSSR count). The van der Waals surface area contributed by atoms with E-state index in [4.69, 9.17) is 9.47 Å². The Bertz CT molecular complexity index is 2080. The molecule has 0 bridgehead atoms. The largest absolute Gasteiger partial charge is 0.489 e. The first-order valence-corrected chi connectivity index (χ1v) is 15.3. The number of hydrogen-bond donors (Lipinski definition) is 1. The summed E-state index contributed by atoms with van der Waals surface area (Å²) in [6.45, 7) is 2.85. The lowest BCUT2D eigenvalue weighted by Gasteiger charge is -2.15. The summed E-state index contributed by atoms with van der Waals surface area (Å²) in [5.74, 6) is 0.754. The highest BCUT2D eigenvalue weighted by Crippen LogP contribution is 2.32. The number of carbonyl (C=O) groups excluding carboxylic acids is 1. The Labute approximate surface area is 270 Å². The Kier molecular flexibility index (Phi) is 8.91. The molecule has 6 aromatic carbocycles. The molecule has 0 radical (unpaired) electrons. The number of nitriles is 1. The molecule has 6 aromatic rings. The van der Waals surface area contributed by atoms with Crippen molar-refractivity contribution in [3.05, 3.63) is 154 Å². The van der Waals surface area contributed by atoms with Crippen molar-refractivity contribution < 1.29 is 14.3 Å². The van der Waals surface area contributed by atoms with Gasteiger partial charge in [0.1, 0.15) is 36.4 Å². The molecule has 0 unspecified atom stereocenters. The molecule has 0 aromatic heterocycles. The Morgan fingerprint density at radius 2 is 1.44 bits per heavy atom. The van der Waals surface area contributed by atoms with Crippen molar-refractivity contribution in [3.8, 4) is 17.6 Å². The molecular weight excluding hydrogens is 624 g/mol. The van der Waals surface area contributed by atoms with E-state index in [9.17, 15) is 10.1 Å². The van der Waals surface area contributed by atoms with Crippen molar-refractivity contribution >= 4 is 55.1 Å². The summed E-state index contributed by atoms with van der Waals surface area (Å²) in [6.07, 6.45) is 1.61. The van der Waals surface area contributed by atoms with Crippen LogP contribution in [0.5, 0.6) is 11.5 Å². The first-order valence-electron chi connectivity index (χ1n) is 14.5. The Hall–Kier alpha value is -5.38. The maximum Gasteiger partial charge on any atom is 0.266 e. The number of nitrogens with zero attached hydrogens (tertiary/aromatic N) is 1. The fraction of sp³-hybridized carbons (Fsp3) is 0.0769. The van der Waals surface area contributed by atoms with Gasteiger partial charge in [0.05, 0.1) is 0 Å². The number of nitrogens with one attached hydrogen (secondary N) is 1. The minimum Gasteiger partial charge on any atom is -0.489 e. The second-order valence-corrected chi connectivity index (χ2v) is 11.5. The Morgan fingerprint density at radius 3 is 2.18 bits per heavy atom. The highest BCUT2D eigenvalue weighted by atomic mass is 79.9. The van der Waals surface area contributed by atoms with Crippen molar-refractivity contribution in [2.45, 2.75) is 20.1 Å². The van der Waals surface area contributed by atoms with Crippen molar-refractivity contribution in [3.63, 3.8) is 0 Å². The van der Waals surface area contributed by atoms with Crippen molar-refractivity contribution in [2.75, 3.05) is 5.32 Å². The number of rotatable bonds is 9. The molecule has 0 saturated heterocycles. The Morgan fingerprint density at radius 1 is 0.778 bits per heavy atom. The van der Waals surface area contributed by atoms with Gasteiger partial charge in [-0.25, -0.2) is 0 Å². The minimum absolute atomic E-state index is 0.0342. The van der Waals surface area contributed by atoms with Gasteiger partial charge in [-0.15, -0.1) is 0 Å². The molecular formula is C39H29BrN2O3. The average Bonchev–Trinajstić information content (AvgIpc) is 3.07. The van der Waals surface area contributed by atoms with Crippen LogP contribution in [0.3, 0.4) is 0 Å². The van der Waals surface area contributed by atoms with Gasteiger partial charge in [0.25, 0.3) is 5.91 Å². The monoisotopic (exact) mass is 652 g/mol. The number of hydrogen-bond acceptors (Lipinski definition) is 4. The molecule has 0 spiro atoms. The summed E-state index contributed by atoms with van der Waals surface area (Å²) in [5.41, 5.74) is 4.47. The topological polar surface area (TPSA) is 71.3 Å². The fourth-order valence-corrected chi connectivity index (χ4v) is 5.47. The number of ether oxygens (including phenoxy) is 2. The number of aryl methyl sites for hydroxylation is 1. The zero-order valence-corrected chi connectivity index (χ0v) is 26.2. The van der Waals surface area contributed by atoms with E-state index in [0.29, 0.717) is 36.0 Å². The maximum atomic E-state index is 13.3. The molecule has 220 valence electrons. The lowest BCUT2D eigenvalue weighted by molar-refractivity contribution is -0.112. The van der Waals surface area contributed by atoms with Gasteiger partial charge in [0.15, 0.2) is 0 Å². The van der Waals surface area contributed by atoms with Crippen molar-refractivity contribution in [2.24, 2.45) is 0 Å². The first-order chi connectivity index (χ1) is 22.0. The molecule has 0 atom stereocenters. The number of fused-ring (bicyclic) bond motifs is 2. The van der Waals surface area contributed by atoms with Gasteiger partial charge in [-0.3, -0.25) is 4.79 Å². The number of carbonyl (C=O) groups is 1. The lowest BCUT2D eigenvalue weighted by Crippen LogP contribution is -2.13. The number of halogens is 1. The van der Waals surface area contributed by atoms with E-state index in [0.717, 1.165) is 42.7 Å². The molecule has 1 amide bonds. The summed E-state index contributed by atoms with van der Waals surface area (Å²) in [6, 6.07) is 41.3. The normalized spacial score (nSPS) is 11.3. The lowest BCUT2D eigenvalue weighted by atomic mass is 9.99. The van der Waals surface area contributed by atoms with Crippen LogP contribution in [0.1, 0.15) is 22.3 Å². The third kappa shape index (κ3) is 6.90. The van der Waals surface area contributed by atoms with E-state index in [1.54, 1.807) is 30.3 Å². The molecule has 45 heavy (non-hydrogen) atoms. The second-order valence-electron chi connectivity index (χ2n) is 10.6. The fourth-order valence-electron chi connectivity index (χ4n) is 5.21. The van der Waals surface area contributed by atoms with Gasteiger partial charge in [0, 0.05) is 21.3 Å².